The topological polar surface area (TPSA) is 27.1 Å². The Balaban J connectivity index is 2.41. The quantitative estimate of drug-likeness (QED) is 0.802. The van der Waals surface area contributed by atoms with Gasteiger partial charge in [-0.05, 0) is 25.5 Å². The van der Waals surface area contributed by atoms with Gasteiger partial charge in [-0.25, -0.2) is 4.98 Å². The second kappa shape index (κ2) is 5.08. The fourth-order valence-corrected chi connectivity index (χ4v) is 2.27. The molecule has 0 radical (unpaired) electrons. The number of rotatable bonds is 4. The Morgan fingerprint density at radius 1 is 1.47 bits per heavy atom. The highest BCUT2D eigenvalue weighted by atomic mass is 79.9. The maximum absolute atomic E-state index is 5.61. The number of aryl methyl sites for hydroxylation is 1. The Morgan fingerprint density at radius 3 is 2.88 bits per heavy atom. The molecule has 1 aromatic carbocycles. The number of ether oxygens (including phenoxy) is 1. The van der Waals surface area contributed by atoms with Gasteiger partial charge in [-0.15, -0.1) is 0 Å². The number of hydrogen-bond acceptors (Lipinski definition) is 2. The van der Waals surface area contributed by atoms with Crippen LogP contribution in [0.2, 0.25) is 0 Å². The highest BCUT2D eigenvalue weighted by Gasteiger charge is 2.12. The molecule has 0 N–H and O–H groups in total. The van der Waals surface area contributed by atoms with Crippen molar-refractivity contribution in [1.29, 1.82) is 0 Å². The molecule has 0 saturated carbocycles. The Morgan fingerprint density at radius 2 is 2.24 bits per heavy atom. The minimum Gasteiger partial charge on any atom is -0.494 e. The standard InChI is InChI=1S/C13H17BrN2O/c1-4-7-17-10-5-6-12-11(8-10)15-13(9(2)14)16(12)3/h5-6,8-9H,4,7H2,1-3H3. The molecule has 3 nitrogen and oxygen atoms in total. The summed E-state index contributed by atoms with van der Waals surface area (Å²) < 4.78 is 7.72. The van der Waals surface area contributed by atoms with Crippen molar-refractivity contribution in [2.45, 2.75) is 25.1 Å². The summed E-state index contributed by atoms with van der Waals surface area (Å²) in [6.07, 6.45) is 1.02. The number of benzene rings is 1. The molecule has 92 valence electrons. The van der Waals surface area contributed by atoms with Gasteiger partial charge in [0.05, 0.1) is 22.5 Å². The zero-order valence-electron chi connectivity index (χ0n) is 10.4. The molecule has 0 aliphatic heterocycles. The van der Waals surface area contributed by atoms with E-state index in [0.29, 0.717) is 0 Å². The van der Waals surface area contributed by atoms with Crippen LogP contribution in [0.25, 0.3) is 11.0 Å². The predicted molar refractivity (Wildman–Crippen MR) is 73.8 cm³/mol. The van der Waals surface area contributed by atoms with Crippen molar-refractivity contribution in [3.8, 4) is 5.75 Å². The number of fused-ring (bicyclic) bond motifs is 1. The molecule has 0 bridgehead atoms. The van der Waals surface area contributed by atoms with Crippen LogP contribution in [0.15, 0.2) is 18.2 Å². The molecule has 2 aromatic rings. The van der Waals surface area contributed by atoms with Gasteiger partial charge in [0.2, 0.25) is 0 Å². The molecular formula is C13H17BrN2O. The summed E-state index contributed by atoms with van der Waals surface area (Å²) in [4.78, 5) is 4.87. The average molecular weight is 297 g/mol. The van der Waals surface area contributed by atoms with Crippen molar-refractivity contribution < 1.29 is 4.74 Å². The average Bonchev–Trinajstić information content (AvgIpc) is 2.64. The summed E-state index contributed by atoms with van der Waals surface area (Å²) in [5.41, 5.74) is 2.12. The van der Waals surface area contributed by atoms with Gasteiger partial charge in [0.1, 0.15) is 11.6 Å². The predicted octanol–water partition coefficient (Wildman–Crippen LogP) is 3.82. The first-order valence-electron chi connectivity index (χ1n) is 5.86. The normalized spacial score (nSPS) is 12.9. The van der Waals surface area contributed by atoms with Crippen LogP contribution in [0.4, 0.5) is 0 Å². The zero-order chi connectivity index (χ0) is 12.4. The van der Waals surface area contributed by atoms with Crippen LogP contribution in [-0.4, -0.2) is 16.2 Å². The Labute approximate surface area is 110 Å². The molecule has 0 aliphatic carbocycles. The maximum Gasteiger partial charge on any atom is 0.123 e. The van der Waals surface area contributed by atoms with Crippen molar-refractivity contribution in [2.24, 2.45) is 7.05 Å². The molecule has 1 heterocycles. The first-order valence-corrected chi connectivity index (χ1v) is 6.78. The molecular weight excluding hydrogens is 280 g/mol. The van der Waals surface area contributed by atoms with Gasteiger partial charge in [-0.3, -0.25) is 0 Å². The van der Waals surface area contributed by atoms with Gasteiger partial charge in [0.25, 0.3) is 0 Å². The van der Waals surface area contributed by atoms with Gasteiger partial charge >= 0.3 is 0 Å². The summed E-state index contributed by atoms with van der Waals surface area (Å²) in [5, 5.41) is 0. The van der Waals surface area contributed by atoms with Gasteiger partial charge in [0.15, 0.2) is 0 Å². The van der Waals surface area contributed by atoms with Crippen LogP contribution in [-0.2, 0) is 7.05 Å². The van der Waals surface area contributed by atoms with Gasteiger partial charge in [-0.1, -0.05) is 22.9 Å². The third-order valence-corrected chi connectivity index (χ3v) is 3.13. The van der Waals surface area contributed by atoms with E-state index in [1.807, 2.05) is 19.2 Å². The van der Waals surface area contributed by atoms with Crippen LogP contribution in [0.3, 0.4) is 0 Å². The number of aromatic nitrogens is 2. The molecule has 0 amide bonds. The van der Waals surface area contributed by atoms with Crippen molar-refractivity contribution >= 4 is 27.0 Å². The van der Waals surface area contributed by atoms with Crippen LogP contribution < -0.4 is 4.74 Å². The number of halogens is 1. The lowest BCUT2D eigenvalue weighted by molar-refractivity contribution is 0.318. The zero-order valence-corrected chi connectivity index (χ0v) is 12.0. The Hall–Kier alpha value is -1.03. The number of nitrogens with zero attached hydrogens (tertiary/aromatic N) is 2. The molecule has 2 rings (SSSR count). The van der Waals surface area contributed by atoms with Gasteiger partial charge in [-0.2, -0.15) is 0 Å². The molecule has 1 atom stereocenters. The minimum atomic E-state index is 0.250. The van der Waals surface area contributed by atoms with E-state index in [1.165, 1.54) is 0 Å². The molecule has 1 aromatic heterocycles. The number of alkyl halides is 1. The largest absolute Gasteiger partial charge is 0.494 e. The van der Waals surface area contributed by atoms with E-state index in [4.69, 9.17) is 4.74 Å². The third-order valence-electron chi connectivity index (χ3n) is 2.72. The lowest BCUT2D eigenvalue weighted by atomic mass is 10.3. The molecule has 0 fully saturated rings. The van der Waals surface area contributed by atoms with E-state index in [1.54, 1.807) is 0 Å². The van der Waals surface area contributed by atoms with Crippen LogP contribution in [0.1, 0.15) is 30.9 Å². The third kappa shape index (κ3) is 2.46. The molecule has 17 heavy (non-hydrogen) atoms. The summed E-state index contributed by atoms with van der Waals surface area (Å²) in [6.45, 7) is 4.93. The fourth-order valence-electron chi connectivity index (χ4n) is 1.86. The first-order chi connectivity index (χ1) is 8.13. The highest BCUT2D eigenvalue weighted by Crippen LogP contribution is 2.27. The molecule has 0 aliphatic rings. The van der Waals surface area contributed by atoms with E-state index in [-0.39, 0.29) is 4.83 Å². The van der Waals surface area contributed by atoms with E-state index in [9.17, 15) is 0 Å². The van der Waals surface area contributed by atoms with Crippen LogP contribution in [0.5, 0.6) is 5.75 Å². The molecule has 0 spiro atoms. The summed E-state index contributed by atoms with van der Waals surface area (Å²) in [7, 11) is 2.04. The summed E-state index contributed by atoms with van der Waals surface area (Å²) in [5.74, 6) is 1.93. The number of imidazole rings is 1. The molecule has 1 unspecified atom stereocenters. The highest BCUT2D eigenvalue weighted by molar-refractivity contribution is 9.09. The monoisotopic (exact) mass is 296 g/mol. The Bertz CT molecular complexity index is 519. The number of hydrogen-bond donors (Lipinski definition) is 0. The minimum absolute atomic E-state index is 0.250. The van der Waals surface area contributed by atoms with Gasteiger partial charge in [0, 0.05) is 13.1 Å². The smallest absolute Gasteiger partial charge is 0.123 e. The fraction of sp³-hybridized carbons (Fsp3) is 0.462. The van der Waals surface area contributed by atoms with Crippen molar-refractivity contribution in [1.82, 2.24) is 9.55 Å². The summed E-state index contributed by atoms with van der Waals surface area (Å²) in [6, 6.07) is 6.07. The van der Waals surface area contributed by atoms with Crippen molar-refractivity contribution in [2.75, 3.05) is 6.61 Å². The second-order valence-corrected chi connectivity index (χ2v) is 5.52. The van der Waals surface area contributed by atoms with Gasteiger partial charge < -0.3 is 9.30 Å². The molecule has 4 heteroatoms. The first kappa shape index (κ1) is 12.4. The van der Waals surface area contributed by atoms with Crippen LogP contribution >= 0.6 is 15.9 Å². The van der Waals surface area contributed by atoms with E-state index in [0.717, 1.165) is 35.6 Å². The van der Waals surface area contributed by atoms with Crippen molar-refractivity contribution in [3.63, 3.8) is 0 Å². The lowest BCUT2D eigenvalue weighted by Crippen LogP contribution is -1.97. The van der Waals surface area contributed by atoms with E-state index < -0.39 is 0 Å². The SMILES string of the molecule is CCCOc1ccc2c(c1)nc(C(C)Br)n2C. The summed E-state index contributed by atoms with van der Waals surface area (Å²) >= 11 is 3.56. The van der Waals surface area contributed by atoms with Crippen molar-refractivity contribution in [3.05, 3.63) is 24.0 Å². The lowest BCUT2D eigenvalue weighted by Gasteiger charge is -2.04. The van der Waals surface area contributed by atoms with E-state index >= 15 is 0 Å². The van der Waals surface area contributed by atoms with E-state index in [2.05, 4.69) is 45.4 Å². The Kier molecular flexibility index (Phi) is 3.72. The van der Waals surface area contributed by atoms with Crippen LogP contribution in [0, 0.1) is 0 Å². The molecule has 0 saturated heterocycles. The second-order valence-electron chi connectivity index (χ2n) is 4.14. The maximum atomic E-state index is 5.61.